The lowest BCUT2D eigenvalue weighted by atomic mass is 10.3. The first-order valence-corrected chi connectivity index (χ1v) is 4.05. The third-order valence-electron chi connectivity index (χ3n) is 1.06. The normalized spacial score (nSPS) is 8.27. The number of amides is 1. The van der Waals surface area contributed by atoms with E-state index in [0.717, 1.165) is 0 Å². The minimum atomic E-state index is -1.08. The quantitative estimate of drug-likeness (QED) is 0.510. The molecule has 0 atom stereocenters. The van der Waals surface area contributed by atoms with Gasteiger partial charge in [0.05, 0.1) is 12.8 Å². The molecule has 0 rings (SSSR count). The SMILES string of the molecule is NC(=O)CCC=O.O=C(O)CCC(=O)O. The second kappa shape index (κ2) is 10.2. The van der Waals surface area contributed by atoms with Crippen LogP contribution in [0.5, 0.6) is 0 Å². The van der Waals surface area contributed by atoms with Crippen LogP contribution in [0.4, 0.5) is 0 Å². The maximum atomic E-state index is 9.82. The molecule has 0 aromatic heterocycles. The predicted molar refractivity (Wildman–Crippen MR) is 49.0 cm³/mol. The zero-order chi connectivity index (χ0) is 12.3. The summed E-state index contributed by atoms with van der Waals surface area (Å²) in [6, 6.07) is 0. The molecule has 86 valence electrons. The van der Waals surface area contributed by atoms with Gasteiger partial charge in [-0.05, 0) is 0 Å². The molecule has 0 fully saturated rings. The first-order chi connectivity index (χ1) is 6.90. The number of nitrogens with two attached hydrogens (primary N) is 1. The number of carboxylic acids is 2. The Morgan fingerprint density at radius 2 is 1.40 bits per heavy atom. The number of primary amides is 1. The van der Waals surface area contributed by atoms with Crippen molar-refractivity contribution >= 4 is 24.1 Å². The molecule has 0 aromatic rings. The molecule has 0 saturated carbocycles. The Labute approximate surface area is 85.9 Å². The third-order valence-corrected chi connectivity index (χ3v) is 1.06. The van der Waals surface area contributed by atoms with E-state index < -0.39 is 17.8 Å². The van der Waals surface area contributed by atoms with Crippen LogP contribution < -0.4 is 5.73 Å². The van der Waals surface area contributed by atoms with Gasteiger partial charge in [-0.2, -0.15) is 0 Å². The molecule has 0 radical (unpaired) electrons. The Morgan fingerprint density at radius 1 is 1.00 bits per heavy atom. The maximum absolute atomic E-state index is 9.82. The Morgan fingerprint density at radius 3 is 1.53 bits per heavy atom. The van der Waals surface area contributed by atoms with Crippen LogP contribution in [0, 0.1) is 0 Å². The number of aldehydes is 1. The molecule has 0 aliphatic heterocycles. The first kappa shape index (κ1) is 15.5. The summed E-state index contributed by atoms with van der Waals surface area (Å²) in [5.74, 6) is -2.58. The zero-order valence-electron chi connectivity index (χ0n) is 8.01. The van der Waals surface area contributed by atoms with Crippen molar-refractivity contribution in [2.45, 2.75) is 25.7 Å². The van der Waals surface area contributed by atoms with E-state index in [-0.39, 0.29) is 25.7 Å². The minimum absolute atomic E-state index is 0.170. The lowest BCUT2D eigenvalue weighted by molar-refractivity contribution is -0.143. The van der Waals surface area contributed by atoms with Crippen LogP contribution in [0.15, 0.2) is 0 Å². The van der Waals surface area contributed by atoms with Gasteiger partial charge >= 0.3 is 11.9 Å². The van der Waals surface area contributed by atoms with Crippen LogP contribution in [0.25, 0.3) is 0 Å². The number of aliphatic carboxylic acids is 2. The predicted octanol–water partition coefficient (Wildman–Crippen LogP) is -0.613. The first-order valence-electron chi connectivity index (χ1n) is 4.05. The summed E-state index contributed by atoms with van der Waals surface area (Å²) in [5, 5.41) is 15.8. The second-order valence-electron chi connectivity index (χ2n) is 2.46. The molecule has 1 amide bonds. The van der Waals surface area contributed by atoms with E-state index in [0.29, 0.717) is 6.29 Å². The third kappa shape index (κ3) is 24.5. The van der Waals surface area contributed by atoms with E-state index in [1.54, 1.807) is 0 Å². The van der Waals surface area contributed by atoms with E-state index >= 15 is 0 Å². The van der Waals surface area contributed by atoms with Gasteiger partial charge in [-0.15, -0.1) is 0 Å². The van der Waals surface area contributed by atoms with Crippen molar-refractivity contribution in [3.8, 4) is 0 Å². The molecule has 0 unspecified atom stereocenters. The van der Waals surface area contributed by atoms with Gasteiger partial charge < -0.3 is 20.7 Å². The van der Waals surface area contributed by atoms with Gasteiger partial charge in [0.25, 0.3) is 0 Å². The van der Waals surface area contributed by atoms with Gasteiger partial charge in [-0.3, -0.25) is 14.4 Å². The average Bonchev–Trinajstić information content (AvgIpc) is 2.12. The van der Waals surface area contributed by atoms with Crippen molar-refractivity contribution in [1.82, 2.24) is 0 Å². The second-order valence-corrected chi connectivity index (χ2v) is 2.46. The molecule has 7 nitrogen and oxygen atoms in total. The fourth-order valence-corrected chi connectivity index (χ4v) is 0.415. The molecular formula is C8H13NO6. The van der Waals surface area contributed by atoms with Gasteiger partial charge in [0.2, 0.25) is 5.91 Å². The van der Waals surface area contributed by atoms with Gasteiger partial charge in [0.15, 0.2) is 0 Å². The van der Waals surface area contributed by atoms with Crippen molar-refractivity contribution < 1.29 is 29.4 Å². The van der Waals surface area contributed by atoms with Crippen molar-refractivity contribution in [1.29, 1.82) is 0 Å². The number of carbonyl (C=O) groups excluding carboxylic acids is 2. The monoisotopic (exact) mass is 219 g/mol. The molecule has 7 heteroatoms. The van der Waals surface area contributed by atoms with Gasteiger partial charge in [0, 0.05) is 12.8 Å². The number of carbonyl (C=O) groups is 4. The van der Waals surface area contributed by atoms with Gasteiger partial charge in [-0.25, -0.2) is 0 Å². The fraction of sp³-hybridized carbons (Fsp3) is 0.500. The fourth-order valence-electron chi connectivity index (χ4n) is 0.415. The summed E-state index contributed by atoms with van der Waals surface area (Å²) in [6.07, 6.45) is 0.494. The van der Waals surface area contributed by atoms with Crippen LogP contribution in [0.3, 0.4) is 0 Å². The largest absolute Gasteiger partial charge is 0.481 e. The number of carboxylic acid groups (broad SMARTS) is 2. The number of rotatable bonds is 6. The molecule has 15 heavy (non-hydrogen) atoms. The van der Waals surface area contributed by atoms with E-state index in [4.69, 9.17) is 10.2 Å². The Hall–Kier alpha value is -1.92. The maximum Gasteiger partial charge on any atom is 0.303 e. The van der Waals surface area contributed by atoms with Gasteiger partial charge in [-0.1, -0.05) is 0 Å². The van der Waals surface area contributed by atoms with E-state index in [2.05, 4.69) is 5.73 Å². The smallest absolute Gasteiger partial charge is 0.303 e. The zero-order valence-corrected chi connectivity index (χ0v) is 8.01. The molecule has 4 N–H and O–H groups in total. The van der Waals surface area contributed by atoms with Crippen LogP contribution in [0.1, 0.15) is 25.7 Å². The van der Waals surface area contributed by atoms with Crippen LogP contribution in [-0.4, -0.2) is 34.3 Å². The molecule has 0 heterocycles. The molecule has 0 aliphatic rings. The Bertz CT molecular complexity index is 223. The van der Waals surface area contributed by atoms with Crippen LogP contribution in [-0.2, 0) is 19.2 Å². The van der Waals surface area contributed by atoms with Crippen LogP contribution in [0.2, 0.25) is 0 Å². The molecule has 0 aromatic carbocycles. The lowest BCUT2D eigenvalue weighted by Crippen LogP contribution is -2.09. The summed E-state index contributed by atoms with van der Waals surface area (Å²) >= 11 is 0. The molecular weight excluding hydrogens is 206 g/mol. The summed E-state index contributed by atoms with van der Waals surface area (Å²) in [6.45, 7) is 0. The standard InChI is InChI=1S/C4H7NO2.C4H6O4/c5-4(7)2-1-3-6;5-3(6)1-2-4(7)8/h3H,1-2H2,(H2,5,7);1-2H2,(H,5,6)(H,7,8). The van der Waals surface area contributed by atoms with E-state index in [1.165, 1.54) is 0 Å². The minimum Gasteiger partial charge on any atom is -0.481 e. The highest BCUT2D eigenvalue weighted by molar-refractivity contribution is 5.76. The highest BCUT2D eigenvalue weighted by atomic mass is 16.4. The van der Waals surface area contributed by atoms with Crippen molar-refractivity contribution in [3.05, 3.63) is 0 Å². The summed E-state index contributed by atoms with van der Waals surface area (Å²) < 4.78 is 0. The summed E-state index contributed by atoms with van der Waals surface area (Å²) in [7, 11) is 0. The van der Waals surface area contributed by atoms with Crippen molar-refractivity contribution in [3.63, 3.8) is 0 Å². The molecule has 0 aliphatic carbocycles. The Kier molecular flexibility index (Phi) is 10.5. The highest BCUT2D eigenvalue weighted by Crippen LogP contribution is 1.86. The van der Waals surface area contributed by atoms with Crippen LogP contribution >= 0.6 is 0 Å². The highest BCUT2D eigenvalue weighted by Gasteiger charge is 2.00. The van der Waals surface area contributed by atoms with Gasteiger partial charge in [0.1, 0.15) is 6.29 Å². The number of hydrogen-bond donors (Lipinski definition) is 3. The molecule has 0 bridgehead atoms. The van der Waals surface area contributed by atoms with Crippen molar-refractivity contribution in [2.75, 3.05) is 0 Å². The van der Waals surface area contributed by atoms with Crippen molar-refractivity contribution in [2.24, 2.45) is 5.73 Å². The average molecular weight is 219 g/mol. The van der Waals surface area contributed by atoms with E-state index in [9.17, 15) is 19.2 Å². The lowest BCUT2D eigenvalue weighted by Gasteiger charge is -1.85. The Balaban J connectivity index is 0. The number of hydrogen-bond acceptors (Lipinski definition) is 4. The summed E-state index contributed by atoms with van der Waals surface area (Å²) in [5.41, 5.74) is 4.68. The molecule has 0 saturated heterocycles. The molecule has 0 spiro atoms. The summed E-state index contributed by atoms with van der Waals surface area (Å²) in [4.78, 5) is 38.6. The topological polar surface area (TPSA) is 135 Å². The van der Waals surface area contributed by atoms with E-state index in [1.807, 2.05) is 0 Å².